The van der Waals surface area contributed by atoms with E-state index in [2.05, 4.69) is 26.6 Å². The molecule has 1 aliphatic rings. The quantitative estimate of drug-likeness (QED) is 0.738. The van der Waals surface area contributed by atoms with E-state index in [-0.39, 0.29) is 24.4 Å². The number of amides is 2. The summed E-state index contributed by atoms with van der Waals surface area (Å²) in [6.45, 7) is 2.49. The maximum atomic E-state index is 12.3. The lowest BCUT2D eigenvalue weighted by Gasteiger charge is -2.32. The van der Waals surface area contributed by atoms with Gasteiger partial charge in [-0.05, 0) is 47.8 Å². The molecule has 2 N–H and O–H groups in total. The van der Waals surface area contributed by atoms with Gasteiger partial charge in [0.15, 0.2) is 0 Å². The normalized spacial score (nSPS) is 17.7. The zero-order chi connectivity index (χ0) is 17.7. The fraction of sp³-hybridized carbons (Fsp3) is 0.600. The van der Waals surface area contributed by atoms with E-state index in [1.165, 1.54) is 11.3 Å². The Balaban J connectivity index is 1.75. The predicted octanol–water partition coefficient (Wildman–Crippen LogP) is 2.47. The Hall–Kier alpha value is -1.06. The topological polar surface area (TPSA) is 61.4 Å². The average Bonchev–Trinajstić information content (AvgIpc) is 2.95. The van der Waals surface area contributed by atoms with Crippen LogP contribution in [0.2, 0.25) is 0 Å². The van der Waals surface area contributed by atoms with Gasteiger partial charge in [0.05, 0.1) is 15.2 Å². The van der Waals surface area contributed by atoms with Gasteiger partial charge in [-0.25, -0.2) is 8.78 Å². The van der Waals surface area contributed by atoms with Crippen LogP contribution < -0.4 is 10.6 Å². The van der Waals surface area contributed by atoms with E-state index >= 15 is 0 Å². The first-order valence-corrected chi connectivity index (χ1v) is 9.33. The summed E-state index contributed by atoms with van der Waals surface area (Å²) >= 11 is 4.59. The Morgan fingerprint density at radius 2 is 2.04 bits per heavy atom. The van der Waals surface area contributed by atoms with E-state index in [0.29, 0.717) is 30.8 Å². The molecule has 0 radical (unpaired) electrons. The van der Waals surface area contributed by atoms with E-state index < -0.39 is 12.5 Å². The number of carbonyl (C=O) groups is 2. The van der Waals surface area contributed by atoms with Gasteiger partial charge in [-0.2, -0.15) is 0 Å². The van der Waals surface area contributed by atoms with Gasteiger partial charge in [-0.15, -0.1) is 11.3 Å². The zero-order valence-corrected chi connectivity index (χ0v) is 15.6. The monoisotopic (exact) mass is 423 g/mol. The van der Waals surface area contributed by atoms with Crippen molar-refractivity contribution < 1.29 is 18.4 Å². The Bertz CT molecular complexity index is 577. The van der Waals surface area contributed by atoms with Gasteiger partial charge in [-0.1, -0.05) is 0 Å². The molecular formula is C15H20BrF2N3O2S. The summed E-state index contributed by atoms with van der Waals surface area (Å²) in [6.07, 6.45) is -1.06. The van der Waals surface area contributed by atoms with Gasteiger partial charge in [0.2, 0.25) is 5.91 Å². The highest BCUT2D eigenvalue weighted by atomic mass is 79.9. The Morgan fingerprint density at radius 1 is 1.38 bits per heavy atom. The van der Waals surface area contributed by atoms with Crippen molar-refractivity contribution in [1.29, 1.82) is 0 Å². The fourth-order valence-electron chi connectivity index (χ4n) is 2.55. The molecule has 1 aliphatic heterocycles. The van der Waals surface area contributed by atoms with Crippen molar-refractivity contribution in [3.05, 3.63) is 20.8 Å². The van der Waals surface area contributed by atoms with Gasteiger partial charge < -0.3 is 10.6 Å². The van der Waals surface area contributed by atoms with Gasteiger partial charge in [0, 0.05) is 19.1 Å². The van der Waals surface area contributed by atoms with Crippen molar-refractivity contribution in [3.63, 3.8) is 0 Å². The molecule has 0 aromatic carbocycles. The van der Waals surface area contributed by atoms with Gasteiger partial charge in [0.1, 0.15) is 6.04 Å². The highest BCUT2D eigenvalue weighted by Gasteiger charge is 2.25. The predicted molar refractivity (Wildman–Crippen MR) is 92.6 cm³/mol. The number of nitrogens with one attached hydrogen (secondary N) is 2. The minimum atomic E-state index is -2.33. The molecule has 1 unspecified atom stereocenters. The van der Waals surface area contributed by atoms with Crippen molar-refractivity contribution in [1.82, 2.24) is 15.5 Å². The fourth-order valence-corrected chi connectivity index (χ4v) is 3.84. The minimum Gasteiger partial charge on any atom is -0.351 e. The molecular weight excluding hydrogens is 404 g/mol. The number of carbonyl (C=O) groups excluding carboxylic acids is 2. The second-order valence-corrected chi connectivity index (χ2v) is 8.24. The zero-order valence-electron chi connectivity index (χ0n) is 13.2. The molecule has 2 heterocycles. The summed E-state index contributed by atoms with van der Waals surface area (Å²) in [5.74, 6) is -0.550. The third-order valence-corrected chi connectivity index (χ3v) is 5.49. The Labute approximate surface area is 151 Å². The number of piperidine rings is 1. The first kappa shape index (κ1) is 19.3. The smallest absolute Gasteiger partial charge is 0.262 e. The second-order valence-electron chi connectivity index (χ2n) is 5.77. The number of halogens is 3. The van der Waals surface area contributed by atoms with E-state index in [4.69, 9.17) is 0 Å². The molecule has 5 nitrogen and oxygen atoms in total. The molecule has 1 atom stereocenters. The number of thiophene rings is 1. The maximum absolute atomic E-state index is 12.3. The lowest BCUT2D eigenvalue weighted by atomic mass is 10.0. The summed E-state index contributed by atoms with van der Waals surface area (Å²) in [5.41, 5.74) is 0. The Morgan fingerprint density at radius 3 is 2.58 bits per heavy atom. The number of alkyl halides is 2. The SMILES string of the molecule is CC(NC(=O)c1ccc(Br)s1)C(=O)NC1CCN(CC(F)F)CC1. The van der Waals surface area contributed by atoms with E-state index in [1.807, 2.05) is 0 Å². The summed E-state index contributed by atoms with van der Waals surface area (Å²) in [5, 5.41) is 5.54. The number of likely N-dealkylation sites (tertiary alicyclic amines) is 1. The molecule has 0 saturated carbocycles. The molecule has 1 saturated heterocycles. The van der Waals surface area contributed by atoms with Crippen LogP contribution in [0.3, 0.4) is 0 Å². The van der Waals surface area contributed by atoms with Gasteiger partial charge >= 0.3 is 0 Å². The van der Waals surface area contributed by atoms with E-state index in [9.17, 15) is 18.4 Å². The van der Waals surface area contributed by atoms with Crippen molar-refractivity contribution in [3.8, 4) is 0 Å². The van der Waals surface area contributed by atoms with Gasteiger partial charge in [0.25, 0.3) is 12.3 Å². The summed E-state index contributed by atoms with van der Waals surface area (Å²) < 4.78 is 25.5. The van der Waals surface area contributed by atoms with Crippen LogP contribution >= 0.6 is 27.3 Å². The van der Waals surface area contributed by atoms with E-state index in [0.717, 1.165) is 3.79 Å². The van der Waals surface area contributed by atoms with Crippen LogP contribution in [0.1, 0.15) is 29.4 Å². The van der Waals surface area contributed by atoms with Crippen LogP contribution in [0.4, 0.5) is 8.78 Å². The number of nitrogens with zero attached hydrogens (tertiary/aromatic N) is 1. The van der Waals surface area contributed by atoms with Crippen LogP contribution in [0.5, 0.6) is 0 Å². The molecule has 1 fully saturated rings. The number of hydrogen-bond acceptors (Lipinski definition) is 4. The Kier molecular flexibility index (Phi) is 7.12. The summed E-state index contributed by atoms with van der Waals surface area (Å²) in [6, 6.07) is 2.77. The van der Waals surface area contributed by atoms with Crippen molar-refractivity contribution in [2.24, 2.45) is 0 Å². The molecule has 0 aliphatic carbocycles. The average molecular weight is 424 g/mol. The third-order valence-electron chi connectivity index (χ3n) is 3.87. The van der Waals surface area contributed by atoms with E-state index in [1.54, 1.807) is 24.0 Å². The van der Waals surface area contributed by atoms with Gasteiger partial charge in [-0.3, -0.25) is 14.5 Å². The van der Waals surface area contributed by atoms with Crippen molar-refractivity contribution in [2.45, 2.75) is 38.3 Å². The lowest BCUT2D eigenvalue weighted by Crippen LogP contribution is -2.51. The largest absolute Gasteiger partial charge is 0.351 e. The third kappa shape index (κ3) is 5.78. The first-order valence-electron chi connectivity index (χ1n) is 7.72. The second kappa shape index (κ2) is 8.87. The van der Waals surface area contributed by atoms with Crippen molar-refractivity contribution >= 4 is 39.1 Å². The molecule has 134 valence electrons. The number of hydrogen-bond donors (Lipinski definition) is 2. The van der Waals surface area contributed by atoms with Crippen LogP contribution in [0.25, 0.3) is 0 Å². The van der Waals surface area contributed by atoms with Crippen LogP contribution in [-0.2, 0) is 4.79 Å². The summed E-state index contributed by atoms with van der Waals surface area (Å²) in [4.78, 5) is 26.4. The molecule has 9 heteroatoms. The molecule has 2 amide bonds. The van der Waals surface area contributed by atoms with Crippen LogP contribution in [0, 0.1) is 0 Å². The molecule has 1 aromatic rings. The molecule has 0 bridgehead atoms. The molecule has 0 spiro atoms. The highest BCUT2D eigenvalue weighted by Crippen LogP contribution is 2.22. The molecule has 1 aromatic heterocycles. The first-order chi connectivity index (χ1) is 11.3. The molecule has 2 rings (SSSR count). The standard InChI is InChI=1S/C15H20BrF2N3O2S/c1-9(19-15(23)11-2-3-12(16)24-11)14(22)20-10-4-6-21(7-5-10)8-13(17)18/h2-3,9-10,13H,4-8H2,1H3,(H,19,23)(H,20,22). The van der Waals surface area contributed by atoms with Crippen LogP contribution in [0.15, 0.2) is 15.9 Å². The lowest BCUT2D eigenvalue weighted by molar-refractivity contribution is -0.123. The molecule has 24 heavy (non-hydrogen) atoms. The maximum Gasteiger partial charge on any atom is 0.262 e. The highest BCUT2D eigenvalue weighted by molar-refractivity contribution is 9.11. The number of rotatable bonds is 6. The van der Waals surface area contributed by atoms with Crippen molar-refractivity contribution in [2.75, 3.05) is 19.6 Å². The minimum absolute atomic E-state index is 0.0401. The summed E-state index contributed by atoms with van der Waals surface area (Å²) in [7, 11) is 0. The van der Waals surface area contributed by atoms with Crippen LogP contribution in [-0.4, -0.2) is 54.9 Å².